The van der Waals surface area contributed by atoms with E-state index in [0.29, 0.717) is 5.96 Å². The predicted molar refractivity (Wildman–Crippen MR) is 126 cm³/mol. The first kappa shape index (κ1) is 20.8. The fraction of sp³-hybridized carbons (Fsp3) is 0.240. The van der Waals surface area contributed by atoms with Crippen molar-refractivity contribution in [2.75, 3.05) is 25.6 Å². The minimum absolute atomic E-state index is 0.186. The quantitative estimate of drug-likeness (QED) is 0.663. The zero-order valence-electron chi connectivity index (χ0n) is 18.8. The van der Waals surface area contributed by atoms with Crippen molar-refractivity contribution in [1.82, 2.24) is 14.7 Å². The summed E-state index contributed by atoms with van der Waals surface area (Å²) in [6, 6.07) is 16.6. The zero-order valence-corrected chi connectivity index (χ0v) is 18.8. The summed E-state index contributed by atoms with van der Waals surface area (Å²) >= 11 is 0. The monoisotopic (exact) mass is 443 g/mol. The van der Waals surface area contributed by atoms with Crippen LogP contribution in [0.1, 0.15) is 12.5 Å². The van der Waals surface area contributed by atoms with Crippen LogP contribution in [0, 0.1) is 0 Å². The minimum atomic E-state index is -0.635. The van der Waals surface area contributed by atoms with E-state index >= 15 is 0 Å². The van der Waals surface area contributed by atoms with Crippen molar-refractivity contribution in [3.63, 3.8) is 0 Å². The van der Waals surface area contributed by atoms with Crippen LogP contribution >= 0.6 is 0 Å². The number of amides is 3. The van der Waals surface area contributed by atoms with Crippen LogP contribution in [0.2, 0.25) is 0 Å². The van der Waals surface area contributed by atoms with E-state index in [1.165, 1.54) is 9.80 Å². The van der Waals surface area contributed by atoms with E-state index in [0.717, 1.165) is 28.3 Å². The van der Waals surface area contributed by atoms with Crippen molar-refractivity contribution < 1.29 is 14.3 Å². The van der Waals surface area contributed by atoms with Gasteiger partial charge in [-0.3, -0.25) is 19.5 Å². The Labute approximate surface area is 192 Å². The van der Waals surface area contributed by atoms with Crippen molar-refractivity contribution in [3.8, 4) is 5.75 Å². The highest BCUT2D eigenvalue weighted by molar-refractivity contribution is 6.16. The van der Waals surface area contributed by atoms with Crippen molar-refractivity contribution in [2.45, 2.75) is 19.1 Å². The van der Waals surface area contributed by atoms with Crippen LogP contribution in [0.15, 0.2) is 77.9 Å². The number of carbonyl (C=O) groups is 2. The summed E-state index contributed by atoms with van der Waals surface area (Å²) in [7, 11) is 3.31. The molecule has 2 unspecified atom stereocenters. The molecule has 2 aromatic carbocycles. The maximum Gasteiger partial charge on any atom is 0.328 e. The molecule has 0 N–H and O–H groups in total. The molecule has 2 aromatic rings. The van der Waals surface area contributed by atoms with Crippen LogP contribution in [0.3, 0.4) is 0 Å². The molecule has 0 saturated carbocycles. The number of guanidine groups is 1. The maximum absolute atomic E-state index is 13.5. The average Bonchev–Trinajstić information content (AvgIpc) is 3.37. The van der Waals surface area contributed by atoms with Crippen LogP contribution < -0.4 is 9.64 Å². The number of anilines is 1. The Hall–Kier alpha value is -4.07. The Bertz CT molecular complexity index is 1190. The summed E-state index contributed by atoms with van der Waals surface area (Å²) in [5, 5.41) is 0. The lowest BCUT2D eigenvalue weighted by atomic mass is 10.1. The van der Waals surface area contributed by atoms with Gasteiger partial charge in [-0.2, -0.15) is 0 Å². The number of rotatable bonds is 5. The molecule has 0 radical (unpaired) electrons. The van der Waals surface area contributed by atoms with Gasteiger partial charge in [0, 0.05) is 24.5 Å². The molecule has 1 saturated heterocycles. The van der Waals surface area contributed by atoms with Gasteiger partial charge in [-0.05, 0) is 31.2 Å². The highest BCUT2D eigenvalue weighted by atomic mass is 16.5. The van der Waals surface area contributed by atoms with Crippen LogP contribution in [0.4, 0.5) is 10.5 Å². The van der Waals surface area contributed by atoms with Gasteiger partial charge in [-0.15, -0.1) is 0 Å². The normalized spacial score (nSPS) is 21.7. The molecule has 3 amide bonds. The number of imide groups is 1. The first-order chi connectivity index (χ1) is 15.9. The average molecular weight is 444 g/mol. The highest BCUT2D eigenvalue weighted by Crippen LogP contribution is 2.40. The number of aliphatic imine (C=N–C) groups is 1. The van der Waals surface area contributed by atoms with E-state index in [2.05, 4.69) is 6.58 Å². The number of hydrogen-bond donors (Lipinski definition) is 0. The number of ether oxygens (including phenoxy) is 1. The first-order valence-electron chi connectivity index (χ1n) is 10.7. The molecule has 3 aliphatic heterocycles. The van der Waals surface area contributed by atoms with Gasteiger partial charge in [-0.25, -0.2) is 9.79 Å². The summed E-state index contributed by atoms with van der Waals surface area (Å²) in [5.74, 6) is 1.09. The molecule has 168 valence electrons. The summed E-state index contributed by atoms with van der Waals surface area (Å²) in [6.45, 7) is 5.87. The summed E-state index contributed by atoms with van der Waals surface area (Å²) < 4.78 is 5.32. The molecule has 3 aliphatic rings. The molecule has 1 fully saturated rings. The predicted octanol–water partition coefficient (Wildman–Crippen LogP) is 3.35. The van der Waals surface area contributed by atoms with Gasteiger partial charge in [0.1, 0.15) is 5.75 Å². The van der Waals surface area contributed by atoms with E-state index in [1.54, 1.807) is 21.1 Å². The SMILES string of the molecule is C=C(C)CN1C(=O)C2C(N=C3N(c4ccc(OC)cc4)C(c4ccccc4)=CN32)N(C)C1=O. The minimum Gasteiger partial charge on any atom is -0.497 e. The van der Waals surface area contributed by atoms with Crippen LogP contribution in [-0.4, -0.2) is 65.5 Å². The standard InChI is InChI=1S/C25H25N5O3/c1-16(2)14-29-23(31)21-22(27(3)25(29)32)26-24-28(21)15-20(17-8-6-5-7-9-17)30(24)18-10-12-19(33-4)13-11-18/h5-13,15,21-22H,1,14H2,2-4H3. The molecule has 0 spiro atoms. The van der Waals surface area contributed by atoms with Crippen molar-refractivity contribution in [1.29, 1.82) is 0 Å². The lowest BCUT2D eigenvalue weighted by molar-refractivity contribution is -0.136. The molecular weight excluding hydrogens is 418 g/mol. The number of urea groups is 1. The molecule has 33 heavy (non-hydrogen) atoms. The van der Waals surface area contributed by atoms with Gasteiger partial charge in [0.25, 0.3) is 5.91 Å². The third kappa shape index (κ3) is 3.26. The summed E-state index contributed by atoms with van der Waals surface area (Å²) in [6.07, 6.45) is 1.35. The number of benzene rings is 2. The van der Waals surface area contributed by atoms with Gasteiger partial charge in [0.15, 0.2) is 12.2 Å². The third-order valence-electron chi connectivity index (χ3n) is 6.04. The maximum atomic E-state index is 13.5. The van der Waals surface area contributed by atoms with Gasteiger partial charge in [-0.1, -0.05) is 42.5 Å². The molecule has 5 rings (SSSR count). The van der Waals surface area contributed by atoms with Crippen molar-refractivity contribution in [2.24, 2.45) is 4.99 Å². The van der Waals surface area contributed by atoms with Gasteiger partial charge in [0.2, 0.25) is 5.96 Å². The Kier molecular flexibility index (Phi) is 4.92. The van der Waals surface area contributed by atoms with E-state index < -0.39 is 12.2 Å². The number of carbonyl (C=O) groups excluding carboxylic acids is 2. The Morgan fingerprint density at radius 1 is 1.09 bits per heavy atom. The van der Waals surface area contributed by atoms with E-state index in [9.17, 15) is 9.59 Å². The number of nitrogens with zero attached hydrogens (tertiary/aromatic N) is 5. The second kappa shape index (κ2) is 7.81. The number of fused-ring (bicyclic) bond motifs is 3. The van der Waals surface area contributed by atoms with Gasteiger partial charge >= 0.3 is 6.03 Å². The van der Waals surface area contributed by atoms with E-state index in [1.807, 2.05) is 70.6 Å². The Balaban J connectivity index is 1.60. The topological polar surface area (TPSA) is 68.7 Å². The molecule has 3 heterocycles. The molecule has 2 atom stereocenters. The lowest BCUT2D eigenvalue weighted by Crippen LogP contribution is -2.64. The van der Waals surface area contributed by atoms with Gasteiger partial charge in [0.05, 0.1) is 19.4 Å². The number of hydrogen-bond acceptors (Lipinski definition) is 6. The number of likely N-dealkylation sites (N-methyl/N-ethyl adjacent to an activating group) is 1. The number of methoxy groups -OCH3 is 1. The third-order valence-corrected chi connectivity index (χ3v) is 6.04. The smallest absolute Gasteiger partial charge is 0.328 e. The molecule has 0 bridgehead atoms. The molecule has 0 aliphatic carbocycles. The Morgan fingerprint density at radius 3 is 2.42 bits per heavy atom. The van der Waals surface area contributed by atoms with Crippen LogP contribution in [0.25, 0.3) is 5.70 Å². The Morgan fingerprint density at radius 2 is 1.79 bits per heavy atom. The van der Waals surface area contributed by atoms with Crippen LogP contribution in [0.5, 0.6) is 5.75 Å². The summed E-state index contributed by atoms with van der Waals surface area (Å²) in [4.78, 5) is 37.9. The zero-order chi connectivity index (χ0) is 23.3. The fourth-order valence-corrected chi connectivity index (χ4v) is 4.45. The molecule has 8 heteroatoms. The molecular formula is C25H25N5O3. The fourth-order valence-electron chi connectivity index (χ4n) is 4.45. The lowest BCUT2D eigenvalue weighted by Gasteiger charge is -2.40. The molecule has 0 aromatic heterocycles. The largest absolute Gasteiger partial charge is 0.497 e. The summed E-state index contributed by atoms with van der Waals surface area (Å²) in [5.41, 5.74) is 3.51. The van der Waals surface area contributed by atoms with Crippen LogP contribution in [-0.2, 0) is 4.79 Å². The van der Waals surface area contributed by atoms with E-state index in [4.69, 9.17) is 9.73 Å². The van der Waals surface area contributed by atoms with Gasteiger partial charge < -0.3 is 9.64 Å². The van der Waals surface area contributed by atoms with E-state index in [-0.39, 0.29) is 18.5 Å². The second-order valence-electron chi connectivity index (χ2n) is 8.38. The molecule has 8 nitrogen and oxygen atoms in total. The van der Waals surface area contributed by atoms with Crippen molar-refractivity contribution >= 4 is 29.3 Å². The van der Waals surface area contributed by atoms with Crippen molar-refractivity contribution in [3.05, 3.63) is 78.5 Å². The second-order valence-corrected chi connectivity index (χ2v) is 8.38. The first-order valence-corrected chi connectivity index (χ1v) is 10.7. The highest BCUT2D eigenvalue weighted by Gasteiger charge is 2.54.